The molecule has 0 spiro atoms. The summed E-state index contributed by atoms with van der Waals surface area (Å²) in [6.45, 7) is 7.21. The van der Waals surface area contributed by atoms with Crippen LogP contribution in [0.2, 0.25) is 0 Å². The molecule has 0 N–H and O–H groups in total. The molecule has 25 heavy (non-hydrogen) atoms. The molecule has 0 bridgehead atoms. The molecule has 0 atom stereocenters. The van der Waals surface area contributed by atoms with Crippen molar-refractivity contribution in [2.45, 2.75) is 79.1 Å². The van der Waals surface area contributed by atoms with Gasteiger partial charge in [0.1, 0.15) is 0 Å². The van der Waals surface area contributed by atoms with Gasteiger partial charge in [0.25, 0.3) is 0 Å². The van der Waals surface area contributed by atoms with E-state index in [-0.39, 0.29) is 46.7 Å². The number of carbonyl (C=O) groups is 4. The summed E-state index contributed by atoms with van der Waals surface area (Å²) < 4.78 is 0. The molecule has 0 aromatic heterocycles. The molecule has 0 saturated heterocycles. The minimum atomic E-state index is -0.961. The van der Waals surface area contributed by atoms with Gasteiger partial charge in [0.15, 0.2) is 0 Å². The molecule has 8 nitrogen and oxygen atoms in total. The van der Waals surface area contributed by atoms with Crippen molar-refractivity contribution in [3.05, 3.63) is 0 Å². The Kier molecular flexibility index (Phi) is 42.4. The molecule has 0 rings (SSSR count). The number of carbonyl (C=O) groups excluding carboxylic acids is 4. The average molecular weight is 444 g/mol. The summed E-state index contributed by atoms with van der Waals surface area (Å²) in [5, 5.41) is 38.0. The first kappa shape index (κ1) is 34.8. The normalized spacial score (nSPS) is 7.84. The Hall–Kier alpha value is -1.43. The third-order valence-corrected chi connectivity index (χ3v) is 1.82. The fourth-order valence-electron chi connectivity index (χ4n) is 0.816. The molecule has 0 aliphatic heterocycles. The van der Waals surface area contributed by atoms with Crippen LogP contribution < -0.4 is 20.4 Å². The average Bonchev–Trinajstić information content (AvgIpc) is 2.39. The maximum atomic E-state index is 9.49. The largest absolute Gasteiger partial charge is 4.00 e. The molecular formula is C16H28MoO8. The van der Waals surface area contributed by atoms with E-state index in [9.17, 15) is 39.6 Å². The molecule has 146 valence electrons. The summed E-state index contributed by atoms with van der Waals surface area (Å²) in [6, 6.07) is 0. The number of carboxylic acid groups (broad SMARTS) is 4. The Balaban J connectivity index is -0.0000000702. The molecule has 0 heterocycles. The number of rotatable bonds is 8. The van der Waals surface area contributed by atoms with Crippen LogP contribution in [0.1, 0.15) is 79.1 Å². The van der Waals surface area contributed by atoms with Crippen LogP contribution in [0.25, 0.3) is 0 Å². The van der Waals surface area contributed by atoms with E-state index >= 15 is 0 Å². The van der Waals surface area contributed by atoms with E-state index in [1.807, 2.05) is 0 Å². The van der Waals surface area contributed by atoms with E-state index in [2.05, 4.69) is 0 Å². The van der Waals surface area contributed by atoms with Crippen LogP contribution in [0.15, 0.2) is 0 Å². The maximum Gasteiger partial charge on any atom is 4.00 e. The van der Waals surface area contributed by atoms with Gasteiger partial charge >= 0.3 is 21.1 Å². The molecule has 9 heteroatoms. The zero-order valence-electron chi connectivity index (χ0n) is 15.3. The molecule has 0 aromatic carbocycles. The van der Waals surface area contributed by atoms with Gasteiger partial charge in [-0.15, -0.1) is 0 Å². The molecule has 0 saturated carbocycles. The van der Waals surface area contributed by atoms with Crippen LogP contribution in [0.3, 0.4) is 0 Å². The standard InChI is InChI=1S/4C4H8O2.Mo/c4*1-2-3-4(5)6;/h4*2-3H2,1H3,(H,5,6);/q;;;;+4/p-4. The van der Waals surface area contributed by atoms with Crippen molar-refractivity contribution in [2.24, 2.45) is 0 Å². The molecule has 0 aromatic rings. The number of aliphatic carboxylic acids is 4. The minimum absolute atomic E-state index is 0. The van der Waals surface area contributed by atoms with Crippen molar-refractivity contribution in [3.8, 4) is 0 Å². The summed E-state index contributed by atoms with van der Waals surface area (Å²) in [5.74, 6) is -3.84. The van der Waals surface area contributed by atoms with Crippen molar-refractivity contribution < 1.29 is 60.7 Å². The van der Waals surface area contributed by atoms with Gasteiger partial charge in [-0.05, 0) is 25.7 Å². The van der Waals surface area contributed by atoms with Crippen LogP contribution in [0.5, 0.6) is 0 Å². The molecule has 0 aliphatic rings. The van der Waals surface area contributed by atoms with E-state index in [0.29, 0.717) is 25.7 Å². The second kappa shape index (κ2) is 30.4. The first-order valence-corrected chi connectivity index (χ1v) is 7.88. The Bertz CT molecular complexity index is 268. The Morgan fingerprint density at radius 1 is 0.480 bits per heavy atom. The summed E-state index contributed by atoms with van der Waals surface area (Å²) >= 11 is 0. The smallest absolute Gasteiger partial charge is 0.550 e. The Labute approximate surface area is 163 Å². The first-order valence-electron chi connectivity index (χ1n) is 7.88. The van der Waals surface area contributed by atoms with Gasteiger partial charge in [0, 0.05) is 23.9 Å². The van der Waals surface area contributed by atoms with Crippen molar-refractivity contribution in [3.63, 3.8) is 0 Å². The summed E-state index contributed by atoms with van der Waals surface area (Å²) in [5.41, 5.74) is 0. The predicted octanol–water partition coefficient (Wildman–Crippen LogP) is -1.86. The van der Waals surface area contributed by atoms with Crippen LogP contribution >= 0.6 is 0 Å². The second-order valence-electron chi connectivity index (χ2n) is 4.49. The number of hydrogen-bond donors (Lipinski definition) is 0. The fourth-order valence-corrected chi connectivity index (χ4v) is 0.816. The van der Waals surface area contributed by atoms with Gasteiger partial charge < -0.3 is 39.6 Å². The molecule has 0 radical (unpaired) electrons. The van der Waals surface area contributed by atoms with Gasteiger partial charge in [-0.1, -0.05) is 53.4 Å². The molecule has 0 fully saturated rings. The Morgan fingerprint density at radius 2 is 0.600 bits per heavy atom. The first-order chi connectivity index (χ1) is 11.1. The second-order valence-corrected chi connectivity index (χ2v) is 4.49. The minimum Gasteiger partial charge on any atom is -0.550 e. The molecule has 0 unspecified atom stereocenters. The van der Waals surface area contributed by atoms with Gasteiger partial charge in [-0.2, -0.15) is 0 Å². The quantitative estimate of drug-likeness (QED) is 0.394. The Morgan fingerprint density at radius 3 is 0.600 bits per heavy atom. The van der Waals surface area contributed by atoms with Gasteiger partial charge in [0.05, 0.1) is 0 Å². The summed E-state index contributed by atoms with van der Waals surface area (Å²) in [4.78, 5) is 38.0. The molecule has 0 amide bonds. The number of hydrogen-bond acceptors (Lipinski definition) is 8. The van der Waals surface area contributed by atoms with Crippen molar-refractivity contribution >= 4 is 23.9 Å². The van der Waals surface area contributed by atoms with E-state index in [0.717, 1.165) is 0 Å². The predicted molar refractivity (Wildman–Crippen MR) is 79.7 cm³/mol. The van der Waals surface area contributed by atoms with Crippen molar-refractivity contribution in [1.29, 1.82) is 0 Å². The van der Waals surface area contributed by atoms with Gasteiger partial charge in [-0.3, -0.25) is 0 Å². The third-order valence-electron chi connectivity index (χ3n) is 1.82. The SMILES string of the molecule is CCCC(=O)[O-].CCCC(=O)[O-].CCCC(=O)[O-].CCCC(=O)[O-].[Mo+4]. The van der Waals surface area contributed by atoms with E-state index in [1.165, 1.54) is 0 Å². The van der Waals surface area contributed by atoms with Crippen LogP contribution in [0.4, 0.5) is 0 Å². The van der Waals surface area contributed by atoms with Crippen LogP contribution in [-0.2, 0) is 40.2 Å². The summed E-state index contributed by atoms with van der Waals surface area (Å²) in [6.07, 6.45) is 3.40. The third kappa shape index (κ3) is 85.5. The molecule has 0 aliphatic carbocycles. The number of carboxylic acids is 4. The van der Waals surface area contributed by atoms with E-state index < -0.39 is 23.9 Å². The van der Waals surface area contributed by atoms with E-state index in [4.69, 9.17) is 0 Å². The van der Waals surface area contributed by atoms with Crippen molar-refractivity contribution in [1.82, 2.24) is 0 Å². The summed E-state index contributed by atoms with van der Waals surface area (Å²) in [7, 11) is 0. The van der Waals surface area contributed by atoms with Crippen molar-refractivity contribution in [2.75, 3.05) is 0 Å². The van der Waals surface area contributed by atoms with Crippen LogP contribution in [-0.4, -0.2) is 23.9 Å². The van der Waals surface area contributed by atoms with Gasteiger partial charge in [-0.25, -0.2) is 0 Å². The van der Waals surface area contributed by atoms with Crippen LogP contribution in [0, 0.1) is 0 Å². The van der Waals surface area contributed by atoms with Gasteiger partial charge in [0.2, 0.25) is 0 Å². The fraction of sp³-hybridized carbons (Fsp3) is 0.750. The molecular weight excluding hydrogens is 416 g/mol. The topological polar surface area (TPSA) is 161 Å². The maximum absolute atomic E-state index is 9.49. The van der Waals surface area contributed by atoms with E-state index in [1.54, 1.807) is 27.7 Å². The zero-order chi connectivity index (χ0) is 20.0. The zero-order valence-corrected chi connectivity index (χ0v) is 17.3. The monoisotopic (exact) mass is 446 g/mol.